The molecule has 18 heavy (non-hydrogen) atoms. The van der Waals surface area contributed by atoms with Gasteiger partial charge in [-0.05, 0) is 26.8 Å². The Bertz CT molecular complexity index is 453. The fourth-order valence-corrected chi connectivity index (χ4v) is 2.28. The first-order valence-electron chi connectivity index (χ1n) is 6.57. The van der Waals surface area contributed by atoms with E-state index in [9.17, 15) is 4.79 Å². The molecule has 1 N–H and O–H groups in total. The number of aromatic nitrogens is 3. The van der Waals surface area contributed by atoms with Gasteiger partial charge >= 0.3 is 0 Å². The first-order valence-corrected chi connectivity index (χ1v) is 6.57. The van der Waals surface area contributed by atoms with E-state index in [0.717, 1.165) is 38.3 Å². The minimum atomic E-state index is -0.0434. The van der Waals surface area contributed by atoms with Gasteiger partial charge in [-0.15, -0.1) is 5.10 Å². The summed E-state index contributed by atoms with van der Waals surface area (Å²) >= 11 is 0. The van der Waals surface area contributed by atoms with Gasteiger partial charge in [0.2, 0.25) is 5.82 Å². The average Bonchev–Trinajstić information content (AvgIpc) is 3.10. The lowest BCUT2D eigenvalue weighted by Gasteiger charge is -2.37. The molecule has 6 heteroatoms. The molecule has 0 radical (unpaired) electrons. The summed E-state index contributed by atoms with van der Waals surface area (Å²) in [5, 5.41) is 6.94. The van der Waals surface area contributed by atoms with Gasteiger partial charge in [0.1, 0.15) is 5.82 Å². The second kappa shape index (κ2) is 4.35. The third kappa shape index (κ3) is 2.12. The topological polar surface area (TPSA) is 65.1 Å². The molecular formula is C12H19N5O. The van der Waals surface area contributed by atoms with Crippen LogP contribution in [-0.2, 0) is 0 Å². The van der Waals surface area contributed by atoms with Crippen LogP contribution in [0.1, 0.15) is 42.1 Å². The molecule has 1 saturated carbocycles. The minimum absolute atomic E-state index is 0.0434. The summed E-state index contributed by atoms with van der Waals surface area (Å²) in [5.74, 6) is 1.66. The first kappa shape index (κ1) is 11.6. The van der Waals surface area contributed by atoms with Gasteiger partial charge < -0.3 is 9.80 Å². The number of nitrogens with zero attached hydrogens (tertiary/aromatic N) is 4. The number of nitrogens with one attached hydrogen (secondary N) is 1. The fraction of sp³-hybridized carbons (Fsp3) is 0.750. The SMILES string of the molecule is CC1CN(C(=O)c2n[nH]c(C3CC3)n2)CCN1C. The molecule has 98 valence electrons. The highest BCUT2D eigenvalue weighted by Gasteiger charge is 2.31. The van der Waals surface area contributed by atoms with E-state index < -0.39 is 0 Å². The van der Waals surface area contributed by atoms with Crippen LogP contribution < -0.4 is 0 Å². The molecule has 1 aliphatic carbocycles. The number of aromatic amines is 1. The number of hydrogen-bond acceptors (Lipinski definition) is 4. The third-order valence-corrected chi connectivity index (χ3v) is 3.90. The fourth-order valence-electron chi connectivity index (χ4n) is 2.28. The van der Waals surface area contributed by atoms with Gasteiger partial charge in [-0.3, -0.25) is 9.89 Å². The van der Waals surface area contributed by atoms with E-state index in [1.807, 2.05) is 4.90 Å². The second-order valence-electron chi connectivity index (χ2n) is 5.40. The van der Waals surface area contributed by atoms with Crippen molar-refractivity contribution < 1.29 is 4.79 Å². The molecule has 1 aromatic rings. The standard InChI is InChI=1S/C12H19N5O/c1-8-7-17(6-5-16(8)2)12(18)11-13-10(14-15-11)9-3-4-9/h8-9H,3-7H2,1-2H3,(H,13,14,15). The number of rotatable bonds is 2. The zero-order valence-corrected chi connectivity index (χ0v) is 10.9. The van der Waals surface area contributed by atoms with Crippen LogP contribution in [-0.4, -0.2) is 63.6 Å². The second-order valence-corrected chi connectivity index (χ2v) is 5.40. The maximum absolute atomic E-state index is 12.3. The molecule has 0 spiro atoms. The van der Waals surface area contributed by atoms with Gasteiger partial charge in [-0.1, -0.05) is 0 Å². The third-order valence-electron chi connectivity index (χ3n) is 3.90. The van der Waals surface area contributed by atoms with Crippen LogP contribution in [0.2, 0.25) is 0 Å². The lowest BCUT2D eigenvalue weighted by atomic mass is 10.2. The molecule has 2 fully saturated rings. The quantitative estimate of drug-likeness (QED) is 0.827. The van der Waals surface area contributed by atoms with E-state index in [2.05, 4.69) is 34.1 Å². The van der Waals surface area contributed by atoms with Crippen molar-refractivity contribution in [2.75, 3.05) is 26.7 Å². The Kier molecular flexibility index (Phi) is 2.81. The molecule has 6 nitrogen and oxygen atoms in total. The lowest BCUT2D eigenvalue weighted by molar-refractivity contribution is 0.0561. The van der Waals surface area contributed by atoms with Crippen LogP contribution in [0.15, 0.2) is 0 Å². The Morgan fingerprint density at radius 3 is 2.83 bits per heavy atom. The summed E-state index contributed by atoms with van der Waals surface area (Å²) < 4.78 is 0. The van der Waals surface area contributed by atoms with Gasteiger partial charge in [-0.25, -0.2) is 4.98 Å². The van der Waals surface area contributed by atoms with Crippen molar-refractivity contribution in [2.45, 2.75) is 31.7 Å². The van der Waals surface area contributed by atoms with Crippen LogP contribution in [0, 0.1) is 0 Å². The van der Waals surface area contributed by atoms with Crippen molar-refractivity contribution in [3.8, 4) is 0 Å². The van der Waals surface area contributed by atoms with Crippen LogP contribution in [0.25, 0.3) is 0 Å². The maximum atomic E-state index is 12.3. The average molecular weight is 249 g/mol. The molecule has 3 rings (SSSR count). The van der Waals surface area contributed by atoms with Crippen LogP contribution in [0.4, 0.5) is 0 Å². The van der Waals surface area contributed by atoms with Crippen molar-refractivity contribution in [1.29, 1.82) is 0 Å². The molecule has 2 heterocycles. The van der Waals surface area contributed by atoms with Gasteiger partial charge in [0.05, 0.1) is 0 Å². The van der Waals surface area contributed by atoms with Crippen LogP contribution in [0.3, 0.4) is 0 Å². The minimum Gasteiger partial charge on any atom is -0.333 e. The van der Waals surface area contributed by atoms with E-state index in [0.29, 0.717) is 17.8 Å². The zero-order chi connectivity index (χ0) is 12.7. The number of likely N-dealkylation sites (N-methyl/N-ethyl adjacent to an activating group) is 1. The summed E-state index contributed by atoms with van der Waals surface area (Å²) in [7, 11) is 2.09. The molecule has 0 bridgehead atoms. The molecule has 1 saturated heterocycles. The highest BCUT2D eigenvalue weighted by Crippen LogP contribution is 2.37. The Morgan fingerprint density at radius 2 is 2.17 bits per heavy atom. The van der Waals surface area contributed by atoms with Crippen molar-refractivity contribution >= 4 is 5.91 Å². The van der Waals surface area contributed by atoms with Crippen molar-refractivity contribution in [2.24, 2.45) is 0 Å². The monoisotopic (exact) mass is 249 g/mol. The van der Waals surface area contributed by atoms with E-state index >= 15 is 0 Å². The highest BCUT2D eigenvalue weighted by atomic mass is 16.2. The van der Waals surface area contributed by atoms with Gasteiger partial charge in [0, 0.05) is 31.6 Å². The Hall–Kier alpha value is -1.43. The van der Waals surface area contributed by atoms with E-state index in [1.165, 1.54) is 0 Å². The number of carbonyl (C=O) groups is 1. The predicted octanol–water partition coefficient (Wildman–Crippen LogP) is 0.458. The van der Waals surface area contributed by atoms with Gasteiger partial charge in [0.15, 0.2) is 0 Å². The lowest BCUT2D eigenvalue weighted by Crippen LogP contribution is -2.52. The summed E-state index contributed by atoms with van der Waals surface area (Å²) in [6.07, 6.45) is 2.32. The van der Waals surface area contributed by atoms with Crippen molar-refractivity contribution in [3.63, 3.8) is 0 Å². The maximum Gasteiger partial charge on any atom is 0.293 e. The molecule has 1 amide bonds. The van der Waals surface area contributed by atoms with Crippen LogP contribution >= 0.6 is 0 Å². The molecule has 1 unspecified atom stereocenters. The molecule has 1 atom stereocenters. The van der Waals surface area contributed by atoms with Crippen LogP contribution in [0.5, 0.6) is 0 Å². The number of H-pyrrole nitrogens is 1. The van der Waals surface area contributed by atoms with Gasteiger partial charge in [-0.2, -0.15) is 0 Å². The Labute approximate surface area is 106 Å². The number of piperazine rings is 1. The summed E-state index contributed by atoms with van der Waals surface area (Å²) in [5.41, 5.74) is 0. The highest BCUT2D eigenvalue weighted by molar-refractivity contribution is 5.90. The van der Waals surface area contributed by atoms with Crippen molar-refractivity contribution in [1.82, 2.24) is 25.0 Å². The molecule has 1 aliphatic heterocycles. The largest absolute Gasteiger partial charge is 0.333 e. The predicted molar refractivity (Wildman–Crippen MR) is 66.4 cm³/mol. The summed E-state index contributed by atoms with van der Waals surface area (Å²) in [6.45, 7) is 4.55. The van der Waals surface area contributed by atoms with E-state index in [4.69, 9.17) is 0 Å². The van der Waals surface area contributed by atoms with Crippen molar-refractivity contribution in [3.05, 3.63) is 11.6 Å². The molecule has 0 aromatic carbocycles. The molecule has 1 aromatic heterocycles. The van der Waals surface area contributed by atoms with E-state index in [1.54, 1.807) is 0 Å². The normalized spacial score (nSPS) is 25.4. The zero-order valence-electron chi connectivity index (χ0n) is 10.9. The van der Waals surface area contributed by atoms with Gasteiger partial charge in [0.25, 0.3) is 5.91 Å². The number of carbonyl (C=O) groups excluding carboxylic acids is 1. The summed E-state index contributed by atoms with van der Waals surface area (Å²) in [6, 6.07) is 0.393. The molecular weight excluding hydrogens is 230 g/mol. The number of hydrogen-bond donors (Lipinski definition) is 1. The number of amides is 1. The van der Waals surface area contributed by atoms with E-state index in [-0.39, 0.29) is 5.91 Å². The molecule has 2 aliphatic rings. The smallest absolute Gasteiger partial charge is 0.293 e. The Morgan fingerprint density at radius 1 is 1.39 bits per heavy atom. The Balaban J connectivity index is 1.69. The summed E-state index contributed by atoms with van der Waals surface area (Å²) in [4.78, 5) is 20.7. The first-order chi connectivity index (χ1) is 8.65.